The molecule has 0 spiro atoms. The molecule has 0 aromatic heterocycles. The molecule has 0 saturated carbocycles. The van der Waals surface area contributed by atoms with E-state index < -0.39 is 11.9 Å². The molecule has 1 aromatic carbocycles. The zero-order chi connectivity index (χ0) is 15.6. The van der Waals surface area contributed by atoms with Crippen LogP contribution in [0.25, 0.3) is 0 Å². The number of rotatable bonds is 4. The molecule has 1 heterocycles. The molecule has 1 N–H and O–H groups in total. The predicted octanol–water partition coefficient (Wildman–Crippen LogP) is 2.15. The van der Waals surface area contributed by atoms with Crippen molar-refractivity contribution < 1.29 is 19.4 Å². The van der Waals surface area contributed by atoms with Gasteiger partial charge in [-0.2, -0.15) is 0 Å². The Bertz CT molecular complexity index is 543. The lowest BCUT2D eigenvalue weighted by Gasteiger charge is -2.40. The van der Waals surface area contributed by atoms with E-state index in [0.29, 0.717) is 6.54 Å². The van der Waals surface area contributed by atoms with Crippen molar-refractivity contribution in [2.45, 2.75) is 32.9 Å². The third-order valence-electron chi connectivity index (χ3n) is 4.21. The minimum atomic E-state index is -0.835. The number of methoxy groups -OCH3 is 1. The number of carboxylic acids is 1. The highest BCUT2D eigenvalue weighted by Crippen LogP contribution is 2.31. The van der Waals surface area contributed by atoms with Crippen LogP contribution in [0.1, 0.15) is 25.8 Å². The van der Waals surface area contributed by atoms with Gasteiger partial charge >= 0.3 is 5.97 Å². The maximum atomic E-state index is 12.2. The number of hydrogen-bond donors (Lipinski definition) is 1. The molecule has 5 heteroatoms. The Labute approximate surface area is 124 Å². The topological polar surface area (TPSA) is 66.8 Å². The number of hydrogen-bond acceptors (Lipinski definition) is 3. The van der Waals surface area contributed by atoms with Crippen LogP contribution in [-0.4, -0.2) is 35.0 Å². The van der Waals surface area contributed by atoms with Crippen LogP contribution >= 0.6 is 0 Å². The minimum absolute atomic E-state index is 0.00956. The van der Waals surface area contributed by atoms with Gasteiger partial charge in [-0.25, -0.2) is 0 Å². The molecule has 1 aliphatic rings. The van der Waals surface area contributed by atoms with Crippen molar-refractivity contribution in [1.29, 1.82) is 0 Å². The molecule has 1 amide bonds. The summed E-state index contributed by atoms with van der Waals surface area (Å²) in [6, 6.07) is 7.17. The molecule has 0 bridgehead atoms. The van der Waals surface area contributed by atoms with E-state index in [1.807, 2.05) is 38.1 Å². The smallest absolute Gasteiger partial charge is 0.308 e. The molecule has 1 fully saturated rings. The van der Waals surface area contributed by atoms with Crippen LogP contribution < -0.4 is 4.74 Å². The molecular weight excluding hydrogens is 270 g/mol. The first-order chi connectivity index (χ1) is 9.93. The maximum Gasteiger partial charge on any atom is 0.308 e. The van der Waals surface area contributed by atoms with Gasteiger partial charge in [0.1, 0.15) is 5.75 Å². The largest absolute Gasteiger partial charge is 0.497 e. The van der Waals surface area contributed by atoms with Crippen molar-refractivity contribution in [3.05, 3.63) is 29.8 Å². The number of amides is 1. The van der Waals surface area contributed by atoms with Gasteiger partial charge in [0.05, 0.1) is 13.0 Å². The van der Waals surface area contributed by atoms with Crippen LogP contribution in [-0.2, 0) is 16.1 Å². The first-order valence-corrected chi connectivity index (χ1v) is 7.09. The third kappa shape index (κ3) is 3.17. The van der Waals surface area contributed by atoms with E-state index in [2.05, 4.69) is 0 Å². The van der Waals surface area contributed by atoms with Crippen LogP contribution in [0.4, 0.5) is 0 Å². The molecule has 1 aliphatic heterocycles. The standard InChI is InChI=1S/C16H21NO4/c1-10-7-14(18)17(11(2)15(10)16(19)20)9-12-5-4-6-13(8-12)21-3/h4-6,8,10-11,15H,7,9H2,1-3H3,(H,19,20). The molecule has 3 atom stereocenters. The third-order valence-corrected chi connectivity index (χ3v) is 4.21. The second-order valence-corrected chi connectivity index (χ2v) is 5.66. The van der Waals surface area contributed by atoms with E-state index >= 15 is 0 Å². The second kappa shape index (κ2) is 6.16. The van der Waals surface area contributed by atoms with Crippen molar-refractivity contribution in [2.75, 3.05) is 7.11 Å². The van der Waals surface area contributed by atoms with Crippen LogP contribution in [0.5, 0.6) is 5.75 Å². The molecule has 5 nitrogen and oxygen atoms in total. The van der Waals surface area contributed by atoms with E-state index in [9.17, 15) is 14.7 Å². The van der Waals surface area contributed by atoms with E-state index in [4.69, 9.17) is 4.74 Å². The number of carboxylic acid groups (broad SMARTS) is 1. The lowest BCUT2D eigenvalue weighted by molar-refractivity contribution is -0.155. The number of nitrogens with zero attached hydrogens (tertiary/aromatic N) is 1. The van der Waals surface area contributed by atoms with Gasteiger partial charge in [0.15, 0.2) is 0 Å². The van der Waals surface area contributed by atoms with Crippen molar-refractivity contribution in [2.24, 2.45) is 11.8 Å². The van der Waals surface area contributed by atoms with Gasteiger partial charge in [-0.15, -0.1) is 0 Å². The monoisotopic (exact) mass is 291 g/mol. The maximum absolute atomic E-state index is 12.2. The van der Waals surface area contributed by atoms with Crippen LogP contribution in [0.2, 0.25) is 0 Å². The molecular formula is C16H21NO4. The van der Waals surface area contributed by atoms with Gasteiger partial charge in [-0.1, -0.05) is 19.1 Å². The molecule has 0 aliphatic carbocycles. The number of carbonyl (C=O) groups is 2. The average Bonchev–Trinajstić information content (AvgIpc) is 2.43. The van der Waals surface area contributed by atoms with Gasteiger partial charge in [-0.05, 0) is 30.5 Å². The van der Waals surface area contributed by atoms with Gasteiger partial charge in [0, 0.05) is 19.0 Å². The molecule has 2 rings (SSSR count). The summed E-state index contributed by atoms with van der Waals surface area (Å²) in [6.07, 6.45) is 0.283. The van der Waals surface area contributed by atoms with E-state index in [1.165, 1.54) is 0 Å². The number of piperidine rings is 1. The summed E-state index contributed by atoms with van der Waals surface area (Å²) in [7, 11) is 1.59. The molecule has 0 radical (unpaired) electrons. The number of ether oxygens (including phenoxy) is 1. The van der Waals surface area contributed by atoms with Gasteiger partial charge in [0.25, 0.3) is 0 Å². The Morgan fingerprint density at radius 2 is 2.14 bits per heavy atom. The molecule has 1 aromatic rings. The van der Waals surface area contributed by atoms with Crippen molar-refractivity contribution in [1.82, 2.24) is 4.90 Å². The highest BCUT2D eigenvalue weighted by molar-refractivity contribution is 5.81. The van der Waals surface area contributed by atoms with E-state index in [-0.39, 0.29) is 24.3 Å². The summed E-state index contributed by atoms with van der Waals surface area (Å²) in [5.74, 6) is -0.749. The summed E-state index contributed by atoms with van der Waals surface area (Å²) in [6.45, 7) is 4.05. The van der Waals surface area contributed by atoms with Crippen LogP contribution in [0, 0.1) is 11.8 Å². The van der Waals surface area contributed by atoms with Crippen molar-refractivity contribution >= 4 is 11.9 Å². The first kappa shape index (κ1) is 15.4. The number of aliphatic carboxylic acids is 1. The van der Waals surface area contributed by atoms with Gasteiger partial charge in [0.2, 0.25) is 5.91 Å². The molecule has 1 saturated heterocycles. The average molecular weight is 291 g/mol. The Morgan fingerprint density at radius 1 is 1.43 bits per heavy atom. The molecule has 21 heavy (non-hydrogen) atoms. The SMILES string of the molecule is COc1cccc(CN2C(=O)CC(C)C(C(=O)O)C2C)c1. The summed E-state index contributed by atoms with van der Waals surface area (Å²) in [5, 5.41) is 9.37. The van der Waals surface area contributed by atoms with Gasteiger partial charge < -0.3 is 14.7 Å². The normalized spacial score (nSPS) is 25.8. The highest BCUT2D eigenvalue weighted by atomic mass is 16.5. The predicted molar refractivity (Wildman–Crippen MR) is 77.9 cm³/mol. The molecule has 114 valence electrons. The second-order valence-electron chi connectivity index (χ2n) is 5.66. The summed E-state index contributed by atoms with van der Waals surface area (Å²) in [5.41, 5.74) is 0.938. The Hall–Kier alpha value is -2.04. The quantitative estimate of drug-likeness (QED) is 0.923. The Kier molecular flexibility index (Phi) is 4.50. The summed E-state index contributed by atoms with van der Waals surface area (Å²) < 4.78 is 5.18. The lowest BCUT2D eigenvalue weighted by atomic mass is 9.81. The zero-order valence-electron chi connectivity index (χ0n) is 12.6. The fraction of sp³-hybridized carbons (Fsp3) is 0.500. The van der Waals surface area contributed by atoms with Crippen molar-refractivity contribution in [3.63, 3.8) is 0 Å². The fourth-order valence-corrected chi connectivity index (χ4v) is 3.07. The van der Waals surface area contributed by atoms with Crippen molar-refractivity contribution in [3.8, 4) is 5.75 Å². The number of carbonyl (C=O) groups excluding carboxylic acids is 1. The highest BCUT2D eigenvalue weighted by Gasteiger charge is 2.41. The van der Waals surface area contributed by atoms with Crippen LogP contribution in [0.3, 0.4) is 0 Å². The van der Waals surface area contributed by atoms with Gasteiger partial charge in [-0.3, -0.25) is 9.59 Å². The Morgan fingerprint density at radius 3 is 2.76 bits per heavy atom. The fourth-order valence-electron chi connectivity index (χ4n) is 3.07. The van der Waals surface area contributed by atoms with E-state index in [1.54, 1.807) is 12.0 Å². The zero-order valence-corrected chi connectivity index (χ0v) is 12.6. The number of likely N-dealkylation sites (tertiary alicyclic amines) is 1. The van der Waals surface area contributed by atoms with Crippen LogP contribution in [0.15, 0.2) is 24.3 Å². The minimum Gasteiger partial charge on any atom is -0.497 e. The summed E-state index contributed by atoms with van der Waals surface area (Å²) >= 11 is 0. The molecule has 3 unspecified atom stereocenters. The number of benzene rings is 1. The Balaban J connectivity index is 2.20. The van der Waals surface area contributed by atoms with E-state index in [0.717, 1.165) is 11.3 Å². The summed E-state index contributed by atoms with van der Waals surface area (Å²) in [4.78, 5) is 25.3. The first-order valence-electron chi connectivity index (χ1n) is 7.09. The lowest BCUT2D eigenvalue weighted by Crippen LogP contribution is -2.52.